The van der Waals surface area contributed by atoms with Gasteiger partial charge in [0, 0.05) is 51.9 Å². The van der Waals surface area contributed by atoms with Gasteiger partial charge in [-0.1, -0.05) is 13.8 Å². The Bertz CT molecular complexity index is 158. The van der Waals surface area contributed by atoms with E-state index in [-0.39, 0.29) is 0 Å². The van der Waals surface area contributed by atoms with Gasteiger partial charge in [0.05, 0.1) is 6.61 Å². The van der Waals surface area contributed by atoms with Gasteiger partial charge in [-0.05, 0) is 6.42 Å². The molecule has 1 saturated heterocycles. The molecule has 0 aromatic rings. The zero-order valence-electron chi connectivity index (χ0n) is 10.8. The smallest absolute Gasteiger partial charge is 0.0591 e. The highest BCUT2D eigenvalue weighted by atomic mass is 16.5. The molecule has 16 heavy (non-hydrogen) atoms. The van der Waals surface area contributed by atoms with Crippen molar-refractivity contribution in [3.8, 4) is 0 Å². The summed E-state index contributed by atoms with van der Waals surface area (Å²) in [4.78, 5) is 2.51. The van der Waals surface area contributed by atoms with E-state index < -0.39 is 0 Å². The van der Waals surface area contributed by atoms with Crippen molar-refractivity contribution in [3.05, 3.63) is 0 Å². The maximum atomic E-state index is 5.57. The highest BCUT2D eigenvalue weighted by Gasteiger charge is 2.07. The van der Waals surface area contributed by atoms with Crippen LogP contribution >= 0.6 is 0 Å². The van der Waals surface area contributed by atoms with Crippen molar-refractivity contribution in [2.75, 3.05) is 52.5 Å². The first kappa shape index (κ1) is 13.9. The van der Waals surface area contributed by atoms with Crippen LogP contribution in [-0.4, -0.2) is 63.4 Å². The van der Waals surface area contributed by atoms with Crippen LogP contribution in [0.4, 0.5) is 0 Å². The SMILES string of the molecule is CC(C)NCCOCCCN1CCNCC1. The summed E-state index contributed by atoms with van der Waals surface area (Å²) in [5, 5.41) is 6.70. The van der Waals surface area contributed by atoms with Gasteiger partial charge in [-0.15, -0.1) is 0 Å². The van der Waals surface area contributed by atoms with Crippen LogP contribution in [0.25, 0.3) is 0 Å². The van der Waals surface area contributed by atoms with Gasteiger partial charge in [0.15, 0.2) is 0 Å². The second-order valence-electron chi connectivity index (χ2n) is 4.67. The Balaban J connectivity index is 1.80. The van der Waals surface area contributed by atoms with Crippen molar-refractivity contribution < 1.29 is 4.74 Å². The first-order valence-electron chi connectivity index (χ1n) is 6.53. The molecular weight excluding hydrogens is 202 g/mol. The molecule has 2 N–H and O–H groups in total. The largest absolute Gasteiger partial charge is 0.380 e. The second-order valence-corrected chi connectivity index (χ2v) is 4.67. The third kappa shape index (κ3) is 7.17. The monoisotopic (exact) mass is 229 g/mol. The van der Waals surface area contributed by atoms with E-state index in [4.69, 9.17) is 4.74 Å². The molecule has 0 saturated carbocycles. The lowest BCUT2D eigenvalue weighted by Crippen LogP contribution is -2.43. The van der Waals surface area contributed by atoms with Crippen LogP contribution in [0, 0.1) is 0 Å². The van der Waals surface area contributed by atoms with Crippen LogP contribution in [0.15, 0.2) is 0 Å². The fourth-order valence-electron chi connectivity index (χ4n) is 1.85. The van der Waals surface area contributed by atoms with E-state index in [0.717, 1.165) is 39.3 Å². The number of nitrogens with one attached hydrogen (secondary N) is 2. The number of nitrogens with zero attached hydrogens (tertiary/aromatic N) is 1. The van der Waals surface area contributed by atoms with Crippen molar-refractivity contribution in [1.82, 2.24) is 15.5 Å². The van der Waals surface area contributed by atoms with E-state index in [0.29, 0.717) is 6.04 Å². The molecule has 0 aromatic heterocycles. The molecule has 0 aliphatic carbocycles. The fraction of sp³-hybridized carbons (Fsp3) is 1.00. The summed E-state index contributed by atoms with van der Waals surface area (Å²) >= 11 is 0. The average molecular weight is 229 g/mol. The van der Waals surface area contributed by atoms with Crippen molar-refractivity contribution in [1.29, 1.82) is 0 Å². The predicted octanol–water partition coefficient (Wildman–Crippen LogP) is 0.296. The third-order valence-electron chi connectivity index (χ3n) is 2.77. The van der Waals surface area contributed by atoms with Gasteiger partial charge in [0.2, 0.25) is 0 Å². The number of hydrogen-bond donors (Lipinski definition) is 2. The Kier molecular flexibility index (Phi) is 7.76. The van der Waals surface area contributed by atoms with Crippen molar-refractivity contribution in [2.45, 2.75) is 26.3 Å². The third-order valence-corrected chi connectivity index (χ3v) is 2.77. The summed E-state index contributed by atoms with van der Waals surface area (Å²) in [6.45, 7) is 12.8. The van der Waals surface area contributed by atoms with Crippen molar-refractivity contribution in [3.63, 3.8) is 0 Å². The van der Waals surface area contributed by atoms with Crippen LogP contribution in [0.2, 0.25) is 0 Å². The number of ether oxygens (including phenoxy) is 1. The molecule has 1 rings (SSSR count). The standard InChI is InChI=1S/C12H27N3O/c1-12(2)14-6-11-16-10-3-7-15-8-4-13-5-9-15/h12-14H,3-11H2,1-2H3. The first-order valence-corrected chi connectivity index (χ1v) is 6.53. The van der Waals surface area contributed by atoms with Gasteiger partial charge in [0.25, 0.3) is 0 Å². The van der Waals surface area contributed by atoms with Crippen molar-refractivity contribution >= 4 is 0 Å². The zero-order chi connectivity index (χ0) is 11.6. The minimum atomic E-state index is 0.560. The minimum absolute atomic E-state index is 0.560. The molecule has 4 nitrogen and oxygen atoms in total. The molecule has 1 fully saturated rings. The maximum Gasteiger partial charge on any atom is 0.0591 e. The molecule has 0 aromatic carbocycles. The summed E-state index contributed by atoms with van der Waals surface area (Å²) in [5.74, 6) is 0. The van der Waals surface area contributed by atoms with E-state index in [2.05, 4.69) is 29.4 Å². The van der Waals surface area contributed by atoms with Crippen LogP contribution < -0.4 is 10.6 Å². The van der Waals surface area contributed by atoms with E-state index >= 15 is 0 Å². The summed E-state index contributed by atoms with van der Waals surface area (Å²) < 4.78 is 5.57. The molecule has 96 valence electrons. The van der Waals surface area contributed by atoms with E-state index in [9.17, 15) is 0 Å². The van der Waals surface area contributed by atoms with Crippen LogP contribution in [0.3, 0.4) is 0 Å². The molecule has 0 spiro atoms. The molecule has 0 amide bonds. The molecule has 0 bridgehead atoms. The Hall–Kier alpha value is -0.160. The van der Waals surface area contributed by atoms with Crippen LogP contribution in [0.5, 0.6) is 0 Å². The molecular formula is C12H27N3O. The van der Waals surface area contributed by atoms with Crippen molar-refractivity contribution in [2.24, 2.45) is 0 Å². The fourth-order valence-corrected chi connectivity index (χ4v) is 1.85. The minimum Gasteiger partial charge on any atom is -0.380 e. The summed E-state index contributed by atoms with van der Waals surface area (Å²) in [6, 6.07) is 0.560. The van der Waals surface area contributed by atoms with Gasteiger partial charge in [-0.3, -0.25) is 0 Å². The van der Waals surface area contributed by atoms with E-state index in [1.54, 1.807) is 0 Å². The van der Waals surface area contributed by atoms with Gasteiger partial charge in [-0.2, -0.15) is 0 Å². The molecule has 1 aliphatic heterocycles. The first-order chi connectivity index (χ1) is 7.79. The van der Waals surface area contributed by atoms with Gasteiger partial charge < -0.3 is 20.3 Å². The summed E-state index contributed by atoms with van der Waals surface area (Å²) in [6.07, 6.45) is 1.15. The Morgan fingerprint density at radius 2 is 2.00 bits per heavy atom. The predicted molar refractivity (Wildman–Crippen MR) is 67.9 cm³/mol. The lowest BCUT2D eigenvalue weighted by atomic mass is 10.3. The molecule has 1 aliphatic rings. The topological polar surface area (TPSA) is 36.5 Å². The second kappa shape index (κ2) is 8.93. The molecule has 0 atom stereocenters. The Morgan fingerprint density at radius 3 is 2.69 bits per heavy atom. The number of piperazine rings is 1. The summed E-state index contributed by atoms with van der Waals surface area (Å²) in [7, 11) is 0. The van der Waals surface area contributed by atoms with Gasteiger partial charge in [-0.25, -0.2) is 0 Å². The Morgan fingerprint density at radius 1 is 1.25 bits per heavy atom. The van der Waals surface area contributed by atoms with Gasteiger partial charge >= 0.3 is 0 Å². The maximum absolute atomic E-state index is 5.57. The van der Waals surface area contributed by atoms with Crippen LogP contribution in [0.1, 0.15) is 20.3 Å². The quantitative estimate of drug-likeness (QED) is 0.587. The molecule has 0 radical (unpaired) electrons. The van der Waals surface area contributed by atoms with Gasteiger partial charge in [0.1, 0.15) is 0 Å². The highest BCUT2D eigenvalue weighted by Crippen LogP contribution is 1.94. The highest BCUT2D eigenvalue weighted by molar-refractivity contribution is 4.66. The summed E-state index contributed by atoms with van der Waals surface area (Å²) in [5.41, 5.74) is 0. The van der Waals surface area contributed by atoms with E-state index in [1.165, 1.54) is 19.6 Å². The normalized spacial score (nSPS) is 18.2. The number of hydrogen-bond acceptors (Lipinski definition) is 4. The molecule has 0 unspecified atom stereocenters. The molecule has 1 heterocycles. The molecule has 4 heteroatoms. The Labute approximate surface area is 99.7 Å². The van der Waals surface area contributed by atoms with E-state index in [1.807, 2.05) is 0 Å². The zero-order valence-corrected chi connectivity index (χ0v) is 10.8. The lowest BCUT2D eigenvalue weighted by molar-refractivity contribution is 0.118. The van der Waals surface area contributed by atoms with Crippen LogP contribution in [-0.2, 0) is 4.74 Å². The lowest BCUT2D eigenvalue weighted by Gasteiger charge is -2.26. The number of rotatable bonds is 8. The average Bonchev–Trinajstić information content (AvgIpc) is 2.29.